The Morgan fingerprint density at radius 3 is 2.72 bits per heavy atom. The van der Waals surface area contributed by atoms with Gasteiger partial charge in [-0.05, 0) is 44.1 Å². The van der Waals surface area contributed by atoms with Crippen molar-refractivity contribution in [3.8, 4) is 0 Å². The highest BCUT2D eigenvalue weighted by Gasteiger charge is 2.27. The van der Waals surface area contributed by atoms with Crippen molar-refractivity contribution < 1.29 is 4.79 Å². The SMILES string of the molecule is CC(C)=CC(=O)N[C@@H](c1cccs1)C1CCCC1. The predicted octanol–water partition coefficient (Wildman–Crippen LogP) is 4.06. The minimum absolute atomic E-state index is 0.0419. The highest BCUT2D eigenvalue weighted by Crippen LogP contribution is 2.37. The lowest BCUT2D eigenvalue weighted by atomic mass is 9.96. The van der Waals surface area contributed by atoms with E-state index in [1.807, 2.05) is 13.8 Å². The molecule has 3 heteroatoms. The zero-order chi connectivity index (χ0) is 13.0. The van der Waals surface area contributed by atoms with Crippen molar-refractivity contribution >= 4 is 17.2 Å². The molecule has 2 nitrogen and oxygen atoms in total. The molecule has 98 valence electrons. The molecule has 1 fully saturated rings. The Morgan fingerprint density at radius 2 is 2.17 bits per heavy atom. The monoisotopic (exact) mass is 263 g/mol. The summed E-state index contributed by atoms with van der Waals surface area (Å²) < 4.78 is 0. The molecule has 1 aromatic rings. The normalized spacial score (nSPS) is 17.4. The van der Waals surface area contributed by atoms with Gasteiger partial charge >= 0.3 is 0 Å². The van der Waals surface area contributed by atoms with Gasteiger partial charge in [0.1, 0.15) is 0 Å². The molecular weight excluding hydrogens is 242 g/mol. The van der Waals surface area contributed by atoms with E-state index in [4.69, 9.17) is 0 Å². The van der Waals surface area contributed by atoms with E-state index in [1.165, 1.54) is 30.6 Å². The summed E-state index contributed by atoms with van der Waals surface area (Å²) in [4.78, 5) is 13.2. The third-order valence-corrected chi connectivity index (χ3v) is 4.39. The topological polar surface area (TPSA) is 29.1 Å². The van der Waals surface area contributed by atoms with Crippen LogP contribution in [0, 0.1) is 5.92 Å². The second kappa shape index (κ2) is 6.19. The Hall–Kier alpha value is -1.09. The van der Waals surface area contributed by atoms with Gasteiger partial charge in [0.25, 0.3) is 0 Å². The molecule has 1 aliphatic rings. The molecule has 0 aliphatic heterocycles. The van der Waals surface area contributed by atoms with Crippen LogP contribution < -0.4 is 5.32 Å². The Kier molecular flexibility index (Phi) is 4.59. The van der Waals surface area contributed by atoms with Gasteiger partial charge in [0, 0.05) is 11.0 Å². The lowest BCUT2D eigenvalue weighted by molar-refractivity contribution is -0.117. The van der Waals surface area contributed by atoms with Gasteiger partial charge in [-0.25, -0.2) is 0 Å². The molecule has 0 bridgehead atoms. The summed E-state index contributed by atoms with van der Waals surface area (Å²) in [5.74, 6) is 0.651. The first-order chi connectivity index (χ1) is 8.66. The zero-order valence-corrected chi connectivity index (χ0v) is 11.9. The summed E-state index contributed by atoms with van der Waals surface area (Å²) in [5, 5.41) is 5.28. The number of rotatable bonds is 4. The molecule has 1 amide bonds. The highest BCUT2D eigenvalue weighted by molar-refractivity contribution is 7.10. The summed E-state index contributed by atoms with van der Waals surface area (Å²) in [6.45, 7) is 3.91. The third kappa shape index (κ3) is 3.45. The Balaban J connectivity index is 2.10. The first-order valence-electron chi connectivity index (χ1n) is 6.65. The van der Waals surface area contributed by atoms with Crippen molar-refractivity contribution in [2.75, 3.05) is 0 Å². The van der Waals surface area contributed by atoms with Crippen LogP contribution in [-0.2, 0) is 4.79 Å². The van der Waals surface area contributed by atoms with Gasteiger partial charge in [0.2, 0.25) is 5.91 Å². The molecule has 1 atom stereocenters. The molecule has 1 aromatic heterocycles. The van der Waals surface area contributed by atoms with Crippen LogP contribution in [0.15, 0.2) is 29.2 Å². The maximum Gasteiger partial charge on any atom is 0.244 e. The lowest BCUT2D eigenvalue weighted by Gasteiger charge is -2.23. The van der Waals surface area contributed by atoms with Crippen molar-refractivity contribution in [2.45, 2.75) is 45.6 Å². The van der Waals surface area contributed by atoms with Crippen molar-refractivity contribution in [3.63, 3.8) is 0 Å². The third-order valence-electron chi connectivity index (χ3n) is 3.44. The molecule has 0 saturated heterocycles. The van der Waals surface area contributed by atoms with Gasteiger partial charge in [-0.2, -0.15) is 0 Å². The van der Waals surface area contributed by atoms with Crippen molar-refractivity contribution in [3.05, 3.63) is 34.0 Å². The smallest absolute Gasteiger partial charge is 0.244 e. The Labute approximate surface area is 113 Å². The van der Waals surface area contributed by atoms with Crippen LogP contribution in [-0.4, -0.2) is 5.91 Å². The Morgan fingerprint density at radius 1 is 1.44 bits per heavy atom. The summed E-state index contributed by atoms with van der Waals surface area (Å²) in [7, 11) is 0. The highest BCUT2D eigenvalue weighted by atomic mass is 32.1. The molecule has 1 saturated carbocycles. The number of thiophene rings is 1. The molecule has 0 unspecified atom stereocenters. The van der Waals surface area contributed by atoms with Crippen molar-refractivity contribution in [1.29, 1.82) is 0 Å². The summed E-state index contributed by atoms with van der Waals surface area (Å²) in [6, 6.07) is 4.40. The first kappa shape index (κ1) is 13.3. The van der Waals surface area contributed by atoms with Gasteiger partial charge in [-0.1, -0.05) is 24.5 Å². The number of carbonyl (C=O) groups excluding carboxylic acids is 1. The average Bonchev–Trinajstić information content (AvgIpc) is 2.98. The van der Waals surface area contributed by atoms with Crippen molar-refractivity contribution in [2.24, 2.45) is 5.92 Å². The molecule has 2 rings (SSSR count). The van der Waals surface area contributed by atoms with Gasteiger partial charge in [-0.15, -0.1) is 11.3 Å². The van der Waals surface area contributed by atoms with Gasteiger partial charge in [-0.3, -0.25) is 4.79 Å². The van der Waals surface area contributed by atoms with E-state index >= 15 is 0 Å². The van der Waals surface area contributed by atoms with Crippen LogP contribution in [0.25, 0.3) is 0 Å². The summed E-state index contributed by atoms with van der Waals surface area (Å²) >= 11 is 1.74. The zero-order valence-electron chi connectivity index (χ0n) is 11.1. The summed E-state index contributed by atoms with van der Waals surface area (Å²) in [6.07, 6.45) is 6.75. The van der Waals surface area contributed by atoms with Crippen LogP contribution in [0.1, 0.15) is 50.4 Å². The number of allylic oxidation sites excluding steroid dienone is 1. The molecule has 1 N–H and O–H groups in total. The van der Waals surface area contributed by atoms with E-state index in [0.717, 1.165) is 5.57 Å². The number of carbonyl (C=O) groups is 1. The quantitative estimate of drug-likeness (QED) is 0.815. The summed E-state index contributed by atoms with van der Waals surface area (Å²) in [5.41, 5.74) is 1.05. The van der Waals surface area contributed by atoms with Gasteiger partial charge in [0.05, 0.1) is 6.04 Å². The minimum Gasteiger partial charge on any atom is -0.345 e. The Bertz CT molecular complexity index is 412. The fourth-order valence-electron chi connectivity index (χ4n) is 2.64. The molecule has 0 aromatic carbocycles. The van der Waals surface area contributed by atoms with E-state index in [0.29, 0.717) is 5.92 Å². The molecule has 18 heavy (non-hydrogen) atoms. The van der Waals surface area contributed by atoms with Gasteiger partial charge < -0.3 is 5.32 Å². The second-order valence-electron chi connectivity index (χ2n) is 5.27. The fraction of sp³-hybridized carbons (Fsp3) is 0.533. The molecule has 1 aliphatic carbocycles. The van der Waals surface area contributed by atoms with Crippen molar-refractivity contribution in [1.82, 2.24) is 5.32 Å². The van der Waals surface area contributed by atoms with Crippen LogP contribution in [0.2, 0.25) is 0 Å². The van der Waals surface area contributed by atoms with Crippen LogP contribution in [0.4, 0.5) is 0 Å². The first-order valence-corrected chi connectivity index (χ1v) is 7.53. The lowest BCUT2D eigenvalue weighted by Crippen LogP contribution is -2.31. The molecular formula is C15H21NOS. The number of nitrogens with one attached hydrogen (secondary N) is 1. The fourth-order valence-corrected chi connectivity index (χ4v) is 3.51. The molecule has 0 radical (unpaired) electrons. The maximum absolute atomic E-state index is 11.9. The van der Waals surface area contributed by atoms with E-state index in [9.17, 15) is 4.79 Å². The van der Waals surface area contributed by atoms with E-state index in [2.05, 4.69) is 22.8 Å². The van der Waals surface area contributed by atoms with E-state index < -0.39 is 0 Å². The number of hydrogen-bond donors (Lipinski definition) is 1. The van der Waals surface area contributed by atoms with Crippen LogP contribution >= 0.6 is 11.3 Å². The van der Waals surface area contributed by atoms with E-state index in [1.54, 1.807) is 17.4 Å². The largest absolute Gasteiger partial charge is 0.345 e. The predicted molar refractivity (Wildman–Crippen MR) is 76.6 cm³/mol. The standard InChI is InChI=1S/C15H21NOS/c1-11(2)10-14(17)16-15(12-6-3-4-7-12)13-8-5-9-18-13/h5,8-10,12,15H,3-4,6-7H2,1-2H3,(H,16,17)/t15-/m1/s1. The number of amides is 1. The van der Waals surface area contributed by atoms with Crippen LogP contribution in [0.3, 0.4) is 0 Å². The molecule has 0 spiro atoms. The average molecular weight is 263 g/mol. The van der Waals surface area contributed by atoms with Gasteiger partial charge in [0.15, 0.2) is 0 Å². The minimum atomic E-state index is 0.0419. The molecule has 1 heterocycles. The van der Waals surface area contributed by atoms with E-state index in [-0.39, 0.29) is 11.9 Å². The van der Waals surface area contributed by atoms with Crippen LogP contribution in [0.5, 0.6) is 0 Å². The maximum atomic E-state index is 11.9. The number of hydrogen-bond acceptors (Lipinski definition) is 2. The second-order valence-corrected chi connectivity index (χ2v) is 6.25.